The van der Waals surface area contributed by atoms with E-state index in [9.17, 15) is 22.4 Å². The van der Waals surface area contributed by atoms with Crippen molar-refractivity contribution in [3.63, 3.8) is 0 Å². The lowest BCUT2D eigenvalue weighted by molar-refractivity contribution is -0.274. The zero-order valence-corrected chi connectivity index (χ0v) is 16.2. The summed E-state index contributed by atoms with van der Waals surface area (Å²) < 4.78 is 54.6. The molecule has 1 amide bonds. The Bertz CT molecular complexity index is 831. The van der Waals surface area contributed by atoms with Crippen molar-refractivity contribution in [1.82, 2.24) is 10.2 Å². The van der Waals surface area contributed by atoms with Gasteiger partial charge in [-0.25, -0.2) is 4.39 Å². The molecule has 0 aliphatic heterocycles. The molecule has 0 saturated carbocycles. The van der Waals surface area contributed by atoms with Crippen molar-refractivity contribution in [2.45, 2.75) is 12.4 Å². The SMILES string of the molecule is CN(C=O)C(=S)NC(c1ccc(OC(F)(F)F)cc1)c1ccc(F)c(Br)c1. The molecule has 0 aliphatic rings. The normalized spacial score (nSPS) is 12.2. The molecule has 2 aromatic rings. The number of nitrogens with zero attached hydrogens (tertiary/aromatic N) is 1. The third-order valence-electron chi connectivity index (χ3n) is 3.47. The fraction of sp³-hybridized carbons (Fsp3) is 0.176. The van der Waals surface area contributed by atoms with Gasteiger partial charge in [-0.15, -0.1) is 13.2 Å². The fourth-order valence-electron chi connectivity index (χ4n) is 2.19. The second-order valence-electron chi connectivity index (χ2n) is 5.39. The topological polar surface area (TPSA) is 41.6 Å². The van der Waals surface area contributed by atoms with E-state index in [1.54, 1.807) is 0 Å². The molecule has 144 valence electrons. The molecule has 2 aromatic carbocycles. The summed E-state index contributed by atoms with van der Waals surface area (Å²) in [6.07, 6.45) is -4.29. The third-order valence-corrected chi connectivity index (χ3v) is 4.48. The van der Waals surface area contributed by atoms with Crippen LogP contribution in [0.15, 0.2) is 46.9 Å². The summed E-state index contributed by atoms with van der Waals surface area (Å²) in [4.78, 5) is 12.0. The van der Waals surface area contributed by atoms with Crippen molar-refractivity contribution in [3.05, 3.63) is 63.9 Å². The predicted octanol–water partition coefficient (Wildman–Crippen LogP) is 4.54. The smallest absolute Gasteiger partial charge is 0.406 e. The van der Waals surface area contributed by atoms with Crippen LogP contribution in [0.3, 0.4) is 0 Å². The number of thiocarbonyl (C=S) groups is 1. The van der Waals surface area contributed by atoms with E-state index < -0.39 is 18.2 Å². The van der Waals surface area contributed by atoms with Gasteiger partial charge in [0.1, 0.15) is 11.6 Å². The lowest BCUT2D eigenvalue weighted by Gasteiger charge is -2.24. The zero-order valence-electron chi connectivity index (χ0n) is 13.8. The number of hydrogen-bond donors (Lipinski definition) is 1. The van der Waals surface area contributed by atoms with Crippen LogP contribution in [0.2, 0.25) is 0 Å². The predicted molar refractivity (Wildman–Crippen MR) is 98.6 cm³/mol. The van der Waals surface area contributed by atoms with Gasteiger partial charge in [0.25, 0.3) is 0 Å². The lowest BCUT2D eigenvalue weighted by Crippen LogP contribution is -2.38. The Morgan fingerprint density at radius 3 is 2.33 bits per heavy atom. The Hall–Kier alpha value is -2.20. The zero-order chi connectivity index (χ0) is 20.2. The molecule has 2 rings (SSSR count). The van der Waals surface area contributed by atoms with E-state index in [1.165, 1.54) is 37.4 Å². The number of ether oxygens (including phenoxy) is 1. The van der Waals surface area contributed by atoms with Gasteiger partial charge in [0, 0.05) is 7.05 Å². The minimum atomic E-state index is -4.80. The summed E-state index contributed by atoms with van der Waals surface area (Å²) in [6.45, 7) is 0. The molecular weight excluding hydrogens is 452 g/mol. The van der Waals surface area contributed by atoms with E-state index >= 15 is 0 Å². The molecule has 0 radical (unpaired) electrons. The molecule has 0 heterocycles. The van der Waals surface area contributed by atoms with Gasteiger partial charge >= 0.3 is 6.36 Å². The lowest BCUT2D eigenvalue weighted by atomic mass is 9.98. The molecule has 0 aliphatic carbocycles. The average Bonchev–Trinajstić information content (AvgIpc) is 2.60. The maximum Gasteiger partial charge on any atom is 0.573 e. The van der Waals surface area contributed by atoms with Crippen molar-refractivity contribution in [2.24, 2.45) is 0 Å². The summed E-state index contributed by atoms with van der Waals surface area (Å²) >= 11 is 8.23. The molecule has 1 N–H and O–H groups in total. The van der Waals surface area contributed by atoms with Gasteiger partial charge in [-0.05, 0) is 63.5 Å². The Labute approximate surface area is 166 Å². The Kier molecular flexibility index (Phi) is 6.77. The first-order chi connectivity index (χ1) is 12.6. The van der Waals surface area contributed by atoms with E-state index in [0.717, 1.165) is 17.0 Å². The van der Waals surface area contributed by atoms with Crippen LogP contribution in [0.25, 0.3) is 0 Å². The Balaban J connectivity index is 2.37. The summed E-state index contributed by atoms with van der Waals surface area (Å²) in [6, 6.07) is 8.75. The van der Waals surface area contributed by atoms with E-state index in [-0.39, 0.29) is 15.3 Å². The van der Waals surface area contributed by atoms with Crippen LogP contribution in [0, 0.1) is 5.82 Å². The number of hydrogen-bond acceptors (Lipinski definition) is 3. The highest BCUT2D eigenvalue weighted by atomic mass is 79.9. The third kappa shape index (κ3) is 5.90. The van der Waals surface area contributed by atoms with Crippen molar-refractivity contribution >= 4 is 39.7 Å². The molecule has 10 heteroatoms. The highest BCUT2D eigenvalue weighted by molar-refractivity contribution is 9.10. The first kappa shape index (κ1) is 21.1. The van der Waals surface area contributed by atoms with E-state index in [4.69, 9.17) is 12.2 Å². The van der Waals surface area contributed by atoms with Gasteiger partial charge in [-0.3, -0.25) is 9.69 Å². The summed E-state index contributed by atoms with van der Waals surface area (Å²) in [5.74, 6) is -0.850. The van der Waals surface area contributed by atoms with Crippen molar-refractivity contribution in [2.75, 3.05) is 7.05 Å². The second kappa shape index (κ2) is 8.66. The number of rotatable bonds is 5. The van der Waals surface area contributed by atoms with Gasteiger partial charge < -0.3 is 10.1 Å². The molecule has 0 spiro atoms. The second-order valence-corrected chi connectivity index (χ2v) is 6.63. The van der Waals surface area contributed by atoms with Crippen LogP contribution >= 0.6 is 28.1 Å². The molecule has 1 atom stereocenters. The summed E-state index contributed by atoms with van der Waals surface area (Å²) in [5.41, 5.74) is 1.11. The molecule has 0 saturated heterocycles. The van der Waals surface area contributed by atoms with Crippen molar-refractivity contribution in [1.29, 1.82) is 0 Å². The molecule has 1 unspecified atom stereocenters. The largest absolute Gasteiger partial charge is 0.573 e. The monoisotopic (exact) mass is 464 g/mol. The molecule has 27 heavy (non-hydrogen) atoms. The maximum atomic E-state index is 13.5. The number of alkyl halides is 3. The van der Waals surface area contributed by atoms with Crippen molar-refractivity contribution in [3.8, 4) is 5.75 Å². The van der Waals surface area contributed by atoms with Crippen LogP contribution < -0.4 is 10.1 Å². The number of carbonyl (C=O) groups excluding carboxylic acids is 1. The van der Waals surface area contributed by atoms with Crippen LogP contribution in [0.1, 0.15) is 17.2 Å². The summed E-state index contributed by atoms with van der Waals surface area (Å²) in [7, 11) is 1.44. The quantitative estimate of drug-likeness (QED) is 0.400. The first-order valence-corrected chi connectivity index (χ1v) is 8.60. The van der Waals surface area contributed by atoms with E-state index in [1.807, 2.05) is 0 Å². The minimum absolute atomic E-state index is 0.0889. The van der Waals surface area contributed by atoms with Gasteiger partial charge in [0.15, 0.2) is 5.11 Å². The van der Waals surface area contributed by atoms with E-state index in [2.05, 4.69) is 26.0 Å². The van der Waals surface area contributed by atoms with Crippen molar-refractivity contribution < 1.29 is 27.1 Å². The minimum Gasteiger partial charge on any atom is -0.406 e. The van der Waals surface area contributed by atoms with Crippen LogP contribution in [-0.4, -0.2) is 29.8 Å². The highest BCUT2D eigenvalue weighted by Crippen LogP contribution is 2.29. The Morgan fingerprint density at radius 2 is 1.81 bits per heavy atom. The average molecular weight is 465 g/mol. The highest BCUT2D eigenvalue weighted by Gasteiger charge is 2.31. The molecular formula is C17H13BrF4N2O2S. The van der Waals surface area contributed by atoms with Gasteiger partial charge in [-0.1, -0.05) is 18.2 Å². The fourth-order valence-corrected chi connectivity index (χ4v) is 2.74. The first-order valence-electron chi connectivity index (χ1n) is 7.40. The summed E-state index contributed by atoms with van der Waals surface area (Å²) in [5, 5.41) is 3.02. The van der Waals surface area contributed by atoms with Crippen LogP contribution in [0.4, 0.5) is 17.6 Å². The van der Waals surface area contributed by atoms with Crippen LogP contribution in [0.5, 0.6) is 5.75 Å². The molecule has 0 bridgehead atoms. The van der Waals surface area contributed by atoms with Gasteiger partial charge in [-0.2, -0.15) is 0 Å². The number of benzene rings is 2. The number of amides is 1. The number of carbonyl (C=O) groups is 1. The molecule has 0 fully saturated rings. The van der Waals surface area contributed by atoms with Gasteiger partial charge in [0.05, 0.1) is 10.5 Å². The Morgan fingerprint density at radius 1 is 1.22 bits per heavy atom. The number of halogens is 5. The number of nitrogens with one attached hydrogen (secondary N) is 1. The van der Waals surface area contributed by atoms with Gasteiger partial charge in [0.2, 0.25) is 6.41 Å². The van der Waals surface area contributed by atoms with Crippen LogP contribution in [-0.2, 0) is 4.79 Å². The standard InChI is InChI=1S/C17H13BrF4N2O2S/c1-24(9-25)16(27)23-15(11-4-7-14(19)13(18)8-11)10-2-5-12(6-3-10)26-17(20,21)22/h2-9,15H,1H3,(H,23,27). The molecule has 4 nitrogen and oxygen atoms in total. The van der Waals surface area contributed by atoms with E-state index in [0.29, 0.717) is 17.5 Å². The maximum absolute atomic E-state index is 13.5. The molecule has 0 aromatic heterocycles.